The van der Waals surface area contributed by atoms with Crippen LogP contribution in [0.3, 0.4) is 0 Å². The highest BCUT2D eigenvalue weighted by atomic mass is 32.2. The second kappa shape index (κ2) is 10.7. The monoisotopic (exact) mass is 445 g/mol. The van der Waals surface area contributed by atoms with E-state index in [1.54, 1.807) is 13.0 Å². The molecule has 168 valence electrons. The molecule has 1 heterocycles. The number of carbonyl (C=O) groups is 1. The van der Waals surface area contributed by atoms with Crippen molar-refractivity contribution in [3.63, 3.8) is 0 Å². The van der Waals surface area contributed by atoms with Gasteiger partial charge in [0.25, 0.3) is 0 Å². The quantitative estimate of drug-likeness (QED) is 0.447. The number of piperazine rings is 1. The Balaban J connectivity index is 1.44. The first-order valence-corrected chi connectivity index (χ1v) is 12.3. The van der Waals surface area contributed by atoms with E-state index in [1.165, 1.54) is 17.8 Å². The van der Waals surface area contributed by atoms with Crippen molar-refractivity contribution in [2.24, 2.45) is 5.14 Å². The number of nitrogens with zero attached hydrogens (tertiary/aromatic N) is 2. The normalized spacial score (nSPS) is 15.1. The van der Waals surface area contributed by atoms with Crippen LogP contribution in [0.4, 0.5) is 5.69 Å². The zero-order valence-electron chi connectivity index (χ0n) is 18.0. The van der Waals surface area contributed by atoms with Crippen molar-refractivity contribution < 1.29 is 17.9 Å². The molecule has 1 fully saturated rings. The number of benzene rings is 2. The summed E-state index contributed by atoms with van der Waals surface area (Å²) in [4.78, 5) is 17.2. The predicted molar refractivity (Wildman–Crippen MR) is 122 cm³/mol. The smallest absolute Gasteiger partial charge is 0.241 e. The Kier molecular flexibility index (Phi) is 8.06. The van der Waals surface area contributed by atoms with E-state index in [0.717, 1.165) is 45.6 Å². The molecule has 0 aromatic heterocycles. The van der Waals surface area contributed by atoms with Gasteiger partial charge in [-0.3, -0.25) is 9.69 Å². The number of ketones is 1. The van der Waals surface area contributed by atoms with E-state index >= 15 is 0 Å². The van der Waals surface area contributed by atoms with Gasteiger partial charge in [0.15, 0.2) is 5.78 Å². The Bertz CT molecular complexity index is 972. The van der Waals surface area contributed by atoms with Crippen molar-refractivity contribution in [2.75, 3.05) is 44.2 Å². The maximum atomic E-state index is 12.5. The molecule has 31 heavy (non-hydrogen) atoms. The van der Waals surface area contributed by atoms with Gasteiger partial charge in [-0.1, -0.05) is 18.2 Å². The fourth-order valence-corrected chi connectivity index (χ4v) is 4.51. The molecule has 0 aliphatic carbocycles. The second-order valence-corrected chi connectivity index (χ2v) is 9.21. The molecule has 3 rings (SSSR count). The third kappa shape index (κ3) is 6.53. The summed E-state index contributed by atoms with van der Waals surface area (Å²) in [5, 5.41) is 5.28. The number of unbranched alkanes of at least 4 members (excludes halogenated alkanes) is 1. The minimum atomic E-state index is -3.96. The molecular formula is C23H31N3O4S. The third-order valence-corrected chi connectivity index (χ3v) is 6.43. The number of rotatable bonds is 10. The van der Waals surface area contributed by atoms with Gasteiger partial charge in [-0.05, 0) is 56.6 Å². The molecule has 0 atom stereocenters. The summed E-state index contributed by atoms with van der Waals surface area (Å²) in [5.74, 6) is 0.0954. The first-order chi connectivity index (χ1) is 14.9. The second-order valence-electron chi connectivity index (χ2n) is 7.68. The topological polar surface area (TPSA) is 92.9 Å². The molecule has 2 aromatic rings. The van der Waals surface area contributed by atoms with Crippen molar-refractivity contribution in [2.45, 2.75) is 31.1 Å². The number of anilines is 1. The number of hydrogen-bond acceptors (Lipinski definition) is 6. The number of nitrogens with two attached hydrogens (primary N) is 1. The highest BCUT2D eigenvalue weighted by Crippen LogP contribution is 2.25. The summed E-state index contributed by atoms with van der Waals surface area (Å²) >= 11 is 0. The van der Waals surface area contributed by atoms with Crippen LogP contribution in [0.15, 0.2) is 53.4 Å². The first kappa shape index (κ1) is 23.2. The van der Waals surface area contributed by atoms with Crippen LogP contribution in [0, 0.1) is 0 Å². The van der Waals surface area contributed by atoms with Gasteiger partial charge in [-0.25, -0.2) is 13.6 Å². The van der Waals surface area contributed by atoms with Crippen LogP contribution in [0.25, 0.3) is 0 Å². The van der Waals surface area contributed by atoms with Crippen LogP contribution < -0.4 is 14.8 Å². The van der Waals surface area contributed by atoms with Crippen LogP contribution in [-0.4, -0.2) is 58.4 Å². The Morgan fingerprint density at radius 3 is 2.39 bits per heavy atom. The summed E-state index contributed by atoms with van der Waals surface area (Å²) in [5.41, 5.74) is 1.62. The van der Waals surface area contributed by atoms with Crippen molar-refractivity contribution in [3.8, 4) is 5.75 Å². The van der Waals surface area contributed by atoms with Gasteiger partial charge in [0.05, 0.1) is 6.61 Å². The molecule has 8 heteroatoms. The Labute approximate surface area is 184 Å². The zero-order valence-corrected chi connectivity index (χ0v) is 18.8. The van der Waals surface area contributed by atoms with E-state index in [0.29, 0.717) is 18.6 Å². The van der Waals surface area contributed by atoms with Crippen LogP contribution >= 0.6 is 0 Å². The Hall–Kier alpha value is -2.42. The molecule has 0 radical (unpaired) electrons. The molecule has 2 N–H and O–H groups in total. The number of primary sulfonamides is 1. The highest BCUT2D eigenvalue weighted by Gasteiger charge is 2.19. The highest BCUT2D eigenvalue weighted by molar-refractivity contribution is 7.89. The van der Waals surface area contributed by atoms with Gasteiger partial charge in [0.2, 0.25) is 10.0 Å². The lowest BCUT2D eigenvalue weighted by Crippen LogP contribution is -2.46. The van der Waals surface area contributed by atoms with Crippen molar-refractivity contribution in [1.29, 1.82) is 0 Å². The number of ether oxygens (including phenoxy) is 1. The van der Waals surface area contributed by atoms with Crippen LogP contribution in [-0.2, 0) is 10.0 Å². The summed E-state index contributed by atoms with van der Waals surface area (Å²) in [6, 6.07) is 14.9. The summed E-state index contributed by atoms with van der Waals surface area (Å²) < 4.78 is 29.0. The minimum Gasteiger partial charge on any atom is -0.492 e. The van der Waals surface area contributed by atoms with Crippen molar-refractivity contribution in [3.05, 3.63) is 54.1 Å². The molecule has 7 nitrogen and oxygen atoms in total. The van der Waals surface area contributed by atoms with E-state index < -0.39 is 10.0 Å². The SMILES string of the molecule is CCOc1ccc(C(=O)CCCCN2CCN(c3ccccc3)CC2)cc1S(N)(=O)=O. The largest absolute Gasteiger partial charge is 0.492 e. The molecule has 0 saturated carbocycles. The minimum absolute atomic E-state index is 0.0816. The first-order valence-electron chi connectivity index (χ1n) is 10.7. The number of sulfonamides is 1. The fraction of sp³-hybridized carbons (Fsp3) is 0.435. The maximum Gasteiger partial charge on any atom is 0.241 e. The fourth-order valence-electron chi connectivity index (χ4n) is 3.81. The molecular weight excluding hydrogens is 414 g/mol. The van der Waals surface area contributed by atoms with E-state index in [4.69, 9.17) is 9.88 Å². The van der Waals surface area contributed by atoms with Gasteiger partial charge in [0, 0.05) is 43.9 Å². The zero-order chi connectivity index (χ0) is 22.3. The van der Waals surface area contributed by atoms with E-state index in [-0.39, 0.29) is 16.4 Å². The van der Waals surface area contributed by atoms with Gasteiger partial charge >= 0.3 is 0 Å². The molecule has 0 unspecified atom stereocenters. The number of carbonyl (C=O) groups excluding carboxylic acids is 1. The van der Waals surface area contributed by atoms with Crippen molar-refractivity contribution in [1.82, 2.24) is 4.90 Å². The Morgan fingerprint density at radius 2 is 1.74 bits per heavy atom. The van der Waals surface area contributed by atoms with Gasteiger partial charge in [-0.15, -0.1) is 0 Å². The Morgan fingerprint density at radius 1 is 1.03 bits per heavy atom. The number of para-hydroxylation sites is 1. The molecule has 0 bridgehead atoms. The number of Topliss-reactive ketones (excluding diaryl/α,β-unsaturated/α-hetero) is 1. The standard InChI is InChI=1S/C23H31N3O4S/c1-2-30-22-12-11-19(18-23(22)31(24,28)29)21(27)10-6-7-13-25-14-16-26(17-15-25)20-8-4-3-5-9-20/h3-5,8-9,11-12,18H,2,6-7,10,13-17H2,1H3,(H2,24,28,29). The summed E-state index contributed by atoms with van der Waals surface area (Å²) in [6.45, 7) is 7.07. The molecule has 1 saturated heterocycles. The van der Waals surface area contributed by atoms with Crippen LogP contribution in [0.1, 0.15) is 36.5 Å². The van der Waals surface area contributed by atoms with E-state index in [9.17, 15) is 13.2 Å². The van der Waals surface area contributed by atoms with Crippen LogP contribution in [0.5, 0.6) is 5.75 Å². The molecule has 0 amide bonds. The van der Waals surface area contributed by atoms with Gasteiger partial charge in [0.1, 0.15) is 10.6 Å². The average Bonchev–Trinajstić information content (AvgIpc) is 2.77. The lowest BCUT2D eigenvalue weighted by atomic mass is 10.0. The lowest BCUT2D eigenvalue weighted by Gasteiger charge is -2.36. The van der Waals surface area contributed by atoms with E-state index in [2.05, 4.69) is 34.1 Å². The van der Waals surface area contributed by atoms with E-state index in [1.807, 2.05) is 6.07 Å². The predicted octanol–water partition coefficient (Wildman–Crippen LogP) is 2.91. The van der Waals surface area contributed by atoms with Crippen LogP contribution in [0.2, 0.25) is 0 Å². The van der Waals surface area contributed by atoms with Crippen molar-refractivity contribution >= 4 is 21.5 Å². The van der Waals surface area contributed by atoms with Gasteiger partial charge < -0.3 is 9.64 Å². The molecule has 2 aromatic carbocycles. The third-order valence-electron chi connectivity index (χ3n) is 5.49. The molecule has 1 aliphatic rings. The summed E-state index contributed by atoms with van der Waals surface area (Å²) in [7, 11) is -3.96. The summed E-state index contributed by atoms with van der Waals surface area (Å²) in [6.07, 6.45) is 2.06. The maximum absolute atomic E-state index is 12.5. The molecule has 1 aliphatic heterocycles. The average molecular weight is 446 g/mol. The molecule has 0 spiro atoms. The number of hydrogen-bond donors (Lipinski definition) is 1. The van der Waals surface area contributed by atoms with Gasteiger partial charge in [-0.2, -0.15) is 0 Å². The lowest BCUT2D eigenvalue weighted by molar-refractivity contribution is 0.0977.